The Morgan fingerprint density at radius 3 is 2.67 bits per heavy atom. The summed E-state index contributed by atoms with van der Waals surface area (Å²) in [6, 6.07) is 1.37. The van der Waals surface area contributed by atoms with Crippen molar-refractivity contribution in [1.82, 2.24) is 4.98 Å². The van der Waals surface area contributed by atoms with Gasteiger partial charge in [0.25, 0.3) is 6.43 Å². The summed E-state index contributed by atoms with van der Waals surface area (Å²) in [5, 5.41) is 18.3. The lowest BCUT2D eigenvalue weighted by Crippen LogP contribution is -2.00. The summed E-state index contributed by atoms with van der Waals surface area (Å²) in [7, 11) is 0. The van der Waals surface area contributed by atoms with Crippen LogP contribution in [0.4, 0.5) is 14.6 Å². The Labute approximate surface area is 87.1 Å². The molecule has 0 saturated heterocycles. The van der Waals surface area contributed by atoms with E-state index in [-0.39, 0.29) is 0 Å². The first-order chi connectivity index (χ1) is 6.99. The van der Waals surface area contributed by atoms with E-state index < -0.39 is 33.3 Å². The zero-order chi connectivity index (χ0) is 11.6. The van der Waals surface area contributed by atoms with Crippen LogP contribution in [-0.4, -0.2) is 9.91 Å². The second-order valence-electron chi connectivity index (χ2n) is 2.40. The maximum absolute atomic E-state index is 12.3. The minimum absolute atomic E-state index is 0.589. The summed E-state index contributed by atoms with van der Waals surface area (Å²) in [5.74, 6) is -0.827. The lowest BCUT2D eigenvalue weighted by molar-refractivity contribution is -0.389. The molecule has 0 aliphatic carbocycles. The molecule has 1 aromatic heterocycles. The van der Waals surface area contributed by atoms with Gasteiger partial charge in [0, 0.05) is 0 Å². The molecule has 78 valence electrons. The molecule has 1 heterocycles. The smallest absolute Gasteiger partial charge is 0.358 e. The zero-order valence-electron chi connectivity index (χ0n) is 6.95. The Hall–Kier alpha value is -1.81. The number of pyridine rings is 1. The second kappa shape index (κ2) is 4.14. The molecule has 0 saturated carbocycles. The molecule has 15 heavy (non-hydrogen) atoms. The van der Waals surface area contributed by atoms with Crippen LogP contribution in [0.15, 0.2) is 6.20 Å². The van der Waals surface area contributed by atoms with Gasteiger partial charge in [-0.1, -0.05) is 11.6 Å². The van der Waals surface area contributed by atoms with Gasteiger partial charge in [-0.25, -0.2) is 8.78 Å². The fourth-order valence-corrected chi connectivity index (χ4v) is 1.14. The number of rotatable bonds is 2. The van der Waals surface area contributed by atoms with Crippen LogP contribution < -0.4 is 0 Å². The highest BCUT2D eigenvalue weighted by Crippen LogP contribution is 2.32. The van der Waals surface area contributed by atoms with Crippen LogP contribution in [0.3, 0.4) is 0 Å². The standard InChI is InChI=1S/C7H2ClF2N3O2/c8-5-3(1-11)7(13(14)15)12-2-4(5)6(9)10/h2,6H. The fourth-order valence-electron chi connectivity index (χ4n) is 0.884. The van der Waals surface area contributed by atoms with E-state index in [2.05, 4.69) is 4.98 Å². The van der Waals surface area contributed by atoms with Crippen molar-refractivity contribution in [2.75, 3.05) is 0 Å². The van der Waals surface area contributed by atoms with Crippen LogP contribution in [0.25, 0.3) is 0 Å². The fraction of sp³-hybridized carbons (Fsp3) is 0.143. The van der Waals surface area contributed by atoms with Crippen molar-refractivity contribution < 1.29 is 13.7 Å². The van der Waals surface area contributed by atoms with Crippen molar-refractivity contribution in [2.45, 2.75) is 6.43 Å². The molecule has 0 bridgehead atoms. The number of aromatic nitrogens is 1. The molecule has 1 aromatic rings. The van der Waals surface area contributed by atoms with E-state index in [1.807, 2.05) is 0 Å². The van der Waals surface area contributed by atoms with Crippen molar-refractivity contribution in [3.63, 3.8) is 0 Å². The number of nitriles is 1. The second-order valence-corrected chi connectivity index (χ2v) is 2.77. The third kappa shape index (κ3) is 1.99. The van der Waals surface area contributed by atoms with Crippen molar-refractivity contribution in [2.24, 2.45) is 0 Å². The van der Waals surface area contributed by atoms with Gasteiger partial charge in [0.1, 0.15) is 6.07 Å². The number of hydrogen-bond donors (Lipinski definition) is 0. The van der Waals surface area contributed by atoms with E-state index in [9.17, 15) is 18.9 Å². The molecule has 0 atom stereocenters. The number of nitro groups is 1. The maximum Gasteiger partial charge on any atom is 0.382 e. The highest BCUT2D eigenvalue weighted by atomic mass is 35.5. The van der Waals surface area contributed by atoms with Gasteiger partial charge in [0.15, 0.2) is 11.8 Å². The van der Waals surface area contributed by atoms with Gasteiger partial charge in [-0.15, -0.1) is 0 Å². The van der Waals surface area contributed by atoms with Gasteiger partial charge < -0.3 is 10.1 Å². The van der Waals surface area contributed by atoms with Crippen molar-refractivity contribution in [1.29, 1.82) is 5.26 Å². The third-order valence-electron chi connectivity index (χ3n) is 1.54. The van der Waals surface area contributed by atoms with Gasteiger partial charge in [-0.2, -0.15) is 5.26 Å². The molecule has 0 N–H and O–H groups in total. The predicted octanol–water partition coefficient (Wildman–Crippen LogP) is 2.45. The Kier molecular flexibility index (Phi) is 3.11. The number of hydrogen-bond acceptors (Lipinski definition) is 4. The first-order valence-corrected chi connectivity index (χ1v) is 3.87. The molecule has 0 radical (unpaired) electrons. The van der Waals surface area contributed by atoms with Crippen LogP contribution in [0.5, 0.6) is 0 Å². The van der Waals surface area contributed by atoms with Crippen LogP contribution in [0.2, 0.25) is 5.02 Å². The van der Waals surface area contributed by atoms with Gasteiger partial charge in [-0.3, -0.25) is 0 Å². The van der Waals surface area contributed by atoms with E-state index in [0.717, 1.165) is 0 Å². The van der Waals surface area contributed by atoms with Crippen LogP contribution in [0.1, 0.15) is 17.6 Å². The Morgan fingerprint density at radius 1 is 1.67 bits per heavy atom. The van der Waals surface area contributed by atoms with E-state index in [0.29, 0.717) is 6.20 Å². The molecule has 0 amide bonds. The average Bonchev–Trinajstić information content (AvgIpc) is 2.16. The average molecular weight is 234 g/mol. The topological polar surface area (TPSA) is 79.8 Å². The van der Waals surface area contributed by atoms with Crippen LogP contribution >= 0.6 is 11.6 Å². The monoisotopic (exact) mass is 233 g/mol. The molecule has 0 fully saturated rings. The Morgan fingerprint density at radius 2 is 2.27 bits per heavy atom. The maximum atomic E-state index is 12.3. The minimum Gasteiger partial charge on any atom is -0.358 e. The summed E-state index contributed by atoms with van der Waals surface area (Å²) >= 11 is 5.41. The zero-order valence-corrected chi connectivity index (χ0v) is 7.70. The molecule has 0 spiro atoms. The van der Waals surface area contributed by atoms with E-state index in [1.54, 1.807) is 0 Å². The number of nitrogens with zero attached hydrogens (tertiary/aromatic N) is 3. The van der Waals surface area contributed by atoms with E-state index in [4.69, 9.17) is 16.9 Å². The highest BCUT2D eigenvalue weighted by Gasteiger charge is 2.25. The number of alkyl halides is 2. The Bertz CT molecular complexity index is 458. The highest BCUT2D eigenvalue weighted by molar-refractivity contribution is 6.32. The van der Waals surface area contributed by atoms with Crippen molar-refractivity contribution >= 4 is 17.4 Å². The molecular weight excluding hydrogens is 232 g/mol. The van der Waals surface area contributed by atoms with Crippen molar-refractivity contribution in [3.8, 4) is 6.07 Å². The van der Waals surface area contributed by atoms with Crippen LogP contribution in [0, 0.1) is 21.4 Å². The largest absolute Gasteiger partial charge is 0.382 e. The summed E-state index contributed by atoms with van der Waals surface area (Å²) in [6.07, 6.45) is -2.34. The number of halogens is 3. The summed E-state index contributed by atoms with van der Waals surface area (Å²) in [4.78, 5) is 12.5. The lowest BCUT2D eigenvalue weighted by Gasteiger charge is -2.02. The first kappa shape index (κ1) is 11.3. The summed E-state index contributed by atoms with van der Waals surface area (Å²) in [6.45, 7) is 0. The first-order valence-electron chi connectivity index (χ1n) is 3.50. The van der Waals surface area contributed by atoms with Gasteiger partial charge in [0.2, 0.25) is 0 Å². The normalized spacial score (nSPS) is 10.1. The molecule has 0 aliphatic heterocycles. The van der Waals surface area contributed by atoms with Gasteiger partial charge in [0.05, 0.1) is 10.6 Å². The summed E-state index contributed by atoms with van der Waals surface area (Å²) < 4.78 is 24.5. The molecule has 8 heteroatoms. The predicted molar refractivity (Wildman–Crippen MR) is 45.6 cm³/mol. The van der Waals surface area contributed by atoms with Gasteiger partial charge in [-0.05, 0) is 9.91 Å². The minimum atomic E-state index is -2.93. The molecule has 0 aromatic carbocycles. The Balaban J connectivity index is 3.48. The van der Waals surface area contributed by atoms with Crippen molar-refractivity contribution in [3.05, 3.63) is 32.5 Å². The third-order valence-corrected chi connectivity index (χ3v) is 1.95. The molecule has 0 aliphatic rings. The van der Waals surface area contributed by atoms with Gasteiger partial charge >= 0.3 is 5.82 Å². The SMILES string of the molecule is N#Cc1c([N+](=O)[O-])ncc(C(F)F)c1Cl. The van der Waals surface area contributed by atoms with Crippen LogP contribution in [-0.2, 0) is 0 Å². The quantitative estimate of drug-likeness (QED) is 0.580. The van der Waals surface area contributed by atoms with E-state index in [1.165, 1.54) is 6.07 Å². The summed E-state index contributed by atoms with van der Waals surface area (Å²) in [5.41, 5.74) is -1.35. The molecule has 0 unspecified atom stereocenters. The van der Waals surface area contributed by atoms with E-state index >= 15 is 0 Å². The molecular formula is C7H2ClF2N3O2. The molecule has 1 rings (SSSR count). The molecule has 5 nitrogen and oxygen atoms in total. The lowest BCUT2D eigenvalue weighted by atomic mass is 10.2.